The van der Waals surface area contributed by atoms with Gasteiger partial charge in [0, 0.05) is 12.1 Å². The third-order valence-electron chi connectivity index (χ3n) is 7.12. The van der Waals surface area contributed by atoms with Crippen LogP contribution in [0.15, 0.2) is 54.6 Å². The third-order valence-corrected chi connectivity index (χ3v) is 7.12. The maximum absolute atomic E-state index is 14.5. The average Bonchev–Trinajstić information content (AvgIpc) is 2.88. The van der Waals surface area contributed by atoms with Gasteiger partial charge >= 0.3 is 6.09 Å². The van der Waals surface area contributed by atoms with E-state index in [1.807, 2.05) is 96.1 Å². The van der Waals surface area contributed by atoms with E-state index < -0.39 is 29.3 Å². The second-order valence-corrected chi connectivity index (χ2v) is 11.9. The molecule has 7 nitrogen and oxygen atoms in total. The van der Waals surface area contributed by atoms with E-state index in [2.05, 4.69) is 10.6 Å². The number of ether oxygens (including phenoxy) is 1. The van der Waals surface area contributed by atoms with E-state index >= 15 is 0 Å². The molecule has 3 atom stereocenters. The van der Waals surface area contributed by atoms with Crippen LogP contribution in [0.25, 0.3) is 0 Å². The first-order valence-corrected chi connectivity index (χ1v) is 13.9. The molecule has 0 aliphatic rings. The molecule has 0 saturated carbocycles. The second-order valence-electron chi connectivity index (χ2n) is 11.9. The van der Waals surface area contributed by atoms with Crippen molar-refractivity contribution in [3.05, 3.63) is 71.3 Å². The normalized spacial score (nSPS) is 14.1. The van der Waals surface area contributed by atoms with Crippen molar-refractivity contribution in [3.8, 4) is 0 Å². The van der Waals surface area contributed by atoms with Gasteiger partial charge in [-0.15, -0.1) is 0 Å². The molecule has 0 saturated heterocycles. The Morgan fingerprint density at radius 3 is 2.03 bits per heavy atom. The van der Waals surface area contributed by atoms with Crippen molar-refractivity contribution in [2.45, 2.75) is 105 Å². The van der Waals surface area contributed by atoms with Gasteiger partial charge in [-0.05, 0) is 65.0 Å². The lowest BCUT2D eigenvalue weighted by Gasteiger charge is -2.45. The lowest BCUT2D eigenvalue weighted by atomic mass is 9.89. The molecule has 0 aromatic heterocycles. The number of alkyl carbamates (subject to hydrolysis) is 1. The summed E-state index contributed by atoms with van der Waals surface area (Å²) < 4.78 is 5.50. The van der Waals surface area contributed by atoms with Gasteiger partial charge in [-0.25, -0.2) is 4.79 Å². The minimum atomic E-state index is -0.899. The summed E-state index contributed by atoms with van der Waals surface area (Å²) in [6.07, 6.45) is 0.602. The molecular weight excluding hydrogens is 490 g/mol. The summed E-state index contributed by atoms with van der Waals surface area (Å²) >= 11 is 0. The zero-order valence-electron chi connectivity index (χ0n) is 25.1. The molecular formula is C32H47N3O4. The Bertz CT molecular complexity index is 1090. The predicted octanol–water partition coefficient (Wildman–Crippen LogP) is 6.31. The molecule has 2 N–H and O–H groups in total. The fourth-order valence-corrected chi connectivity index (χ4v) is 4.26. The molecule has 0 aliphatic heterocycles. The minimum Gasteiger partial charge on any atom is -0.444 e. The monoisotopic (exact) mass is 537 g/mol. The van der Waals surface area contributed by atoms with Crippen molar-refractivity contribution in [1.82, 2.24) is 15.5 Å². The third kappa shape index (κ3) is 9.12. The zero-order chi connectivity index (χ0) is 29.4. The van der Waals surface area contributed by atoms with Crippen molar-refractivity contribution < 1.29 is 19.1 Å². The number of aryl methyl sites for hydroxylation is 1. The van der Waals surface area contributed by atoms with Gasteiger partial charge < -0.3 is 20.3 Å². The van der Waals surface area contributed by atoms with Crippen LogP contribution in [0, 0.1) is 12.8 Å². The van der Waals surface area contributed by atoms with E-state index in [0.29, 0.717) is 24.9 Å². The van der Waals surface area contributed by atoms with Crippen molar-refractivity contribution in [2.24, 2.45) is 5.92 Å². The molecule has 0 aliphatic carbocycles. The highest BCUT2D eigenvalue weighted by atomic mass is 16.6. The summed E-state index contributed by atoms with van der Waals surface area (Å²) in [5.41, 5.74) is 1.32. The molecule has 3 amide bonds. The first-order chi connectivity index (χ1) is 18.2. The minimum absolute atomic E-state index is 0.189. The van der Waals surface area contributed by atoms with Gasteiger partial charge in [0.15, 0.2) is 0 Å². The SMILES string of the molecule is CCC(C)C(NC(=O)OC(C)(C)C)C(=O)N(C(C(=O)NCc1ccccc1)c1ccc(C)cc1)C(C)(C)CC. The van der Waals surface area contributed by atoms with E-state index in [-0.39, 0.29) is 17.7 Å². The Kier molecular flexibility index (Phi) is 11.1. The highest BCUT2D eigenvalue weighted by Crippen LogP contribution is 2.33. The largest absolute Gasteiger partial charge is 0.444 e. The molecule has 0 heterocycles. The molecule has 3 unspecified atom stereocenters. The highest BCUT2D eigenvalue weighted by molar-refractivity contribution is 5.92. The van der Waals surface area contributed by atoms with Crippen LogP contribution in [0.4, 0.5) is 4.79 Å². The summed E-state index contributed by atoms with van der Waals surface area (Å²) in [5.74, 6) is -0.786. The quantitative estimate of drug-likeness (QED) is 0.352. The first-order valence-electron chi connectivity index (χ1n) is 13.9. The molecule has 2 aromatic carbocycles. The standard InChI is InChI=1S/C32H47N3O4/c1-10-23(4)26(34-30(38)39-31(5,6)7)29(37)35(32(8,9)11-2)27(25-19-17-22(3)18-20-25)28(36)33-21-24-15-13-12-14-16-24/h12-20,23,26-27H,10-11,21H2,1-9H3,(H,33,36)(H,34,38). The number of nitrogens with one attached hydrogen (secondary N) is 2. The van der Waals surface area contributed by atoms with Crippen molar-refractivity contribution >= 4 is 17.9 Å². The summed E-state index contributed by atoms with van der Waals surface area (Å²) in [5, 5.41) is 5.88. The maximum Gasteiger partial charge on any atom is 0.408 e. The van der Waals surface area contributed by atoms with E-state index in [4.69, 9.17) is 4.74 Å². The Balaban J connectivity index is 2.57. The van der Waals surface area contributed by atoms with Crippen LogP contribution < -0.4 is 10.6 Å². The van der Waals surface area contributed by atoms with Gasteiger partial charge in [-0.2, -0.15) is 0 Å². The summed E-state index contributed by atoms with van der Waals surface area (Å²) in [7, 11) is 0. The smallest absolute Gasteiger partial charge is 0.408 e. The van der Waals surface area contributed by atoms with Gasteiger partial charge in [0.05, 0.1) is 0 Å². The Labute approximate surface area is 234 Å². The number of rotatable bonds is 11. The number of carbonyl (C=O) groups is 3. The number of hydrogen-bond donors (Lipinski definition) is 2. The molecule has 0 radical (unpaired) electrons. The molecule has 2 rings (SSSR count). The van der Waals surface area contributed by atoms with Gasteiger partial charge in [-0.3, -0.25) is 9.59 Å². The van der Waals surface area contributed by atoms with Crippen LogP contribution in [0.5, 0.6) is 0 Å². The van der Waals surface area contributed by atoms with Gasteiger partial charge in [0.25, 0.3) is 0 Å². The van der Waals surface area contributed by atoms with E-state index in [1.54, 1.807) is 25.7 Å². The fraction of sp³-hybridized carbons (Fsp3) is 0.531. The van der Waals surface area contributed by atoms with Crippen molar-refractivity contribution in [3.63, 3.8) is 0 Å². The number of carbonyl (C=O) groups excluding carboxylic acids is 3. The van der Waals surface area contributed by atoms with Crippen LogP contribution in [-0.4, -0.2) is 40.0 Å². The molecule has 7 heteroatoms. The molecule has 2 aromatic rings. The lowest BCUT2D eigenvalue weighted by molar-refractivity contribution is -0.150. The molecule has 0 spiro atoms. The fourth-order valence-electron chi connectivity index (χ4n) is 4.26. The molecule has 39 heavy (non-hydrogen) atoms. The van der Waals surface area contributed by atoms with Gasteiger partial charge in [0.1, 0.15) is 17.7 Å². The van der Waals surface area contributed by atoms with Crippen LogP contribution in [-0.2, 0) is 20.9 Å². The summed E-state index contributed by atoms with van der Waals surface area (Å²) in [6, 6.07) is 15.6. The highest BCUT2D eigenvalue weighted by Gasteiger charge is 2.44. The first kappa shape index (κ1) is 31.9. The zero-order valence-corrected chi connectivity index (χ0v) is 25.1. The average molecular weight is 538 g/mol. The van der Waals surface area contributed by atoms with Crippen molar-refractivity contribution in [2.75, 3.05) is 0 Å². The number of hydrogen-bond acceptors (Lipinski definition) is 4. The molecule has 0 bridgehead atoms. The topological polar surface area (TPSA) is 87.7 Å². The number of nitrogens with zero attached hydrogens (tertiary/aromatic N) is 1. The Hall–Kier alpha value is -3.35. The number of amides is 3. The van der Waals surface area contributed by atoms with Crippen LogP contribution in [0.1, 0.15) is 91.0 Å². The summed E-state index contributed by atoms with van der Waals surface area (Å²) in [6.45, 7) is 17.5. The summed E-state index contributed by atoms with van der Waals surface area (Å²) in [4.78, 5) is 42.9. The van der Waals surface area contributed by atoms with E-state index in [9.17, 15) is 14.4 Å². The van der Waals surface area contributed by atoms with Crippen LogP contribution >= 0.6 is 0 Å². The Morgan fingerprint density at radius 1 is 0.923 bits per heavy atom. The van der Waals surface area contributed by atoms with Crippen LogP contribution in [0.3, 0.4) is 0 Å². The molecule has 0 fully saturated rings. The predicted molar refractivity (Wildman–Crippen MR) is 156 cm³/mol. The second kappa shape index (κ2) is 13.6. The van der Waals surface area contributed by atoms with Crippen LogP contribution in [0.2, 0.25) is 0 Å². The maximum atomic E-state index is 14.5. The van der Waals surface area contributed by atoms with Gasteiger partial charge in [0.2, 0.25) is 11.8 Å². The van der Waals surface area contributed by atoms with Crippen molar-refractivity contribution in [1.29, 1.82) is 0 Å². The van der Waals surface area contributed by atoms with E-state index in [1.165, 1.54) is 0 Å². The number of benzene rings is 2. The molecule has 214 valence electrons. The Morgan fingerprint density at radius 2 is 1.51 bits per heavy atom. The van der Waals surface area contributed by atoms with Gasteiger partial charge in [-0.1, -0.05) is 87.4 Å². The van der Waals surface area contributed by atoms with E-state index in [0.717, 1.165) is 11.1 Å². The lowest BCUT2D eigenvalue weighted by Crippen LogP contribution is -2.60.